The van der Waals surface area contributed by atoms with Gasteiger partial charge in [0.25, 0.3) is 0 Å². The second-order valence-electron chi connectivity index (χ2n) is 20.8. The van der Waals surface area contributed by atoms with Crippen molar-refractivity contribution in [2.24, 2.45) is 0 Å². The molecular formula is C68H80. The van der Waals surface area contributed by atoms with Gasteiger partial charge in [0.1, 0.15) is 0 Å². The van der Waals surface area contributed by atoms with Crippen LogP contribution in [0, 0.1) is 27.7 Å². The van der Waals surface area contributed by atoms with Crippen molar-refractivity contribution in [2.45, 2.75) is 134 Å². The van der Waals surface area contributed by atoms with Crippen molar-refractivity contribution in [1.82, 2.24) is 0 Å². The molecule has 12 rings (SSSR count). The number of hydrogen-bond acceptors (Lipinski definition) is 0. The van der Waals surface area contributed by atoms with Gasteiger partial charge in [-0.05, 0) is 128 Å². The molecule has 0 saturated carbocycles. The van der Waals surface area contributed by atoms with Crippen LogP contribution < -0.4 is 0 Å². The maximum atomic E-state index is 2.33. The van der Waals surface area contributed by atoms with Crippen molar-refractivity contribution in [1.29, 1.82) is 0 Å². The molecule has 0 aromatic heterocycles. The monoisotopic (exact) mass is 897 g/mol. The summed E-state index contributed by atoms with van der Waals surface area (Å²) in [6, 6.07) is 61.9. The Labute approximate surface area is 413 Å². The van der Waals surface area contributed by atoms with Gasteiger partial charge < -0.3 is 0 Å². The van der Waals surface area contributed by atoms with Gasteiger partial charge in [-0.1, -0.05) is 266 Å². The number of benzene rings is 8. The molecule has 8 aromatic carbocycles. The molecule has 0 heteroatoms. The molecule has 0 N–H and O–H groups in total. The van der Waals surface area contributed by atoms with E-state index < -0.39 is 0 Å². The van der Waals surface area contributed by atoms with Crippen molar-refractivity contribution >= 4 is 0 Å². The molecule has 8 aromatic rings. The summed E-state index contributed by atoms with van der Waals surface area (Å²) in [5.74, 6) is 0. The van der Waals surface area contributed by atoms with Crippen LogP contribution in [0.25, 0.3) is 44.5 Å². The molecule has 352 valence electrons. The molecule has 0 saturated heterocycles. The molecule has 0 bridgehead atoms. The molecule has 0 aliphatic heterocycles. The molecule has 68 heavy (non-hydrogen) atoms. The molecule has 0 amide bonds. The lowest BCUT2D eigenvalue weighted by Crippen LogP contribution is -2.16. The molecule has 0 spiro atoms. The lowest BCUT2D eigenvalue weighted by molar-refractivity contribution is 0.655. The van der Waals surface area contributed by atoms with Crippen molar-refractivity contribution in [3.8, 4) is 44.5 Å². The fraction of sp³-hybridized carbons (Fsp3) is 0.294. The summed E-state index contributed by atoms with van der Waals surface area (Å²) in [5, 5.41) is 0. The quantitative estimate of drug-likeness (QED) is 0.142. The van der Waals surface area contributed by atoms with E-state index in [0.29, 0.717) is 0 Å². The Kier molecular flexibility index (Phi) is 15.0. The van der Waals surface area contributed by atoms with Gasteiger partial charge >= 0.3 is 0 Å². The Hall–Kier alpha value is -6.24. The summed E-state index contributed by atoms with van der Waals surface area (Å²) < 4.78 is 0. The van der Waals surface area contributed by atoms with Gasteiger partial charge in [0.2, 0.25) is 0 Å². The van der Waals surface area contributed by atoms with Gasteiger partial charge in [-0.15, -0.1) is 0 Å². The standard InChI is InChI=1S/4C16H16.4CH4/c1-11-7-6-9-13-12-8-4-5-10-14(12)16(2,3)15(11)13;1-11-7-6-10-14-15(11)12-8-4-5-9-13(12)16(14,2)3;1-11-8-9-15-13(10-11)12-6-4-5-7-14(12)16(15,2)3;1-11-8-9-13-12-6-4-5-7-14(12)16(2,3)15(13)10-11;;;;/h4*4-10H,1-3H3;4*1H4. The Morgan fingerprint density at radius 2 is 0.603 bits per heavy atom. The molecule has 0 radical (unpaired) electrons. The van der Waals surface area contributed by atoms with E-state index in [1.54, 1.807) is 0 Å². The molecule has 0 heterocycles. The molecule has 0 atom stereocenters. The topological polar surface area (TPSA) is 0 Å². The minimum absolute atomic E-state index is 0. The lowest BCUT2D eigenvalue weighted by atomic mass is 9.80. The minimum atomic E-state index is 0. The molecular weight excluding hydrogens is 817 g/mol. The lowest BCUT2D eigenvalue weighted by Gasteiger charge is -2.23. The predicted octanol–water partition coefficient (Wildman–Crippen LogP) is 19.7. The Balaban J connectivity index is 0.000000166. The second kappa shape index (κ2) is 19.4. The van der Waals surface area contributed by atoms with E-state index in [1.807, 2.05) is 0 Å². The Morgan fingerprint density at radius 3 is 1.19 bits per heavy atom. The summed E-state index contributed by atoms with van der Waals surface area (Å²) >= 11 is 0. The van der Waals surface area contributed by atoms with Crippen molar-refractivity contribution < 1.29 is 0 Å². The number of hydrogen-bond donors (Lipinski definition) is 0. The summed E-state index contributed by atoms with van der Waals surface area (Å²) in [6.07, 6.45) is 0. The van der Waals surface area contributed by atoms with Gasteiger partial charge in [0.15, 0.2) is 0 Å². The summed E-state index contributed by atoms with van der Waals surface area (Å²) in [7, 11) is 0. The first-order valence-electron chi connectivity index (χ1n) is 23.3. The van der Waals surface area contributed by atoms with Crippen molar-refractivity contribution in [2.75, 3.05) is 0 Å². The SMILES string of the molecule is C.C.C.C.Cc1ccc2c(c1)-c1ccccc1C2(C)C.Cc1ccc2c(c1)C(C)(C)c1ccccc1-2.Cc1cccc2c1-c1ccccc1C2(C)C.Cc1cccc2c1C(C)(C)c1ccccc1-2. The highest BCUT2D eigenvalue weighted by Gasteiger charge is 2.38. The molecule has 0 fully saturated rings. The second-order valence-corrected chi connectivity index (χ2v) is 20.8. The molecule has 0 unspecified atom stereocenters. The van der Waals surface area contributed by atoms with Crippen LogP contribution >= 0.6 is 0 Å². The zero-order valence-corrected chi connectivity index (χ0v) is 40.2. The Morgan fingerprint density at radius 1 is 0.250 bits per heavy atom. The average Bonchev–Trinajstić information content (AvgIpc) is 3.85. The van der Waals surface area contributed by atoms with Crippen LogP contribution in [-0.2, 0) is 21.7 Å². The van der Waals surface area contributed by atoms with Crippen LogP contribution in [0.4, 0.5) is 0 Å². The van der Waals surface area contributed by atoms with Crippen LogP contribution in [0.2, 0.25) is 0 Å². The first kappa shape index (κ1) is 52.7. The van der Waals surface area contributed by atoms with Crippen molar-refractivity contribution in [3.05, 3.63) is 237 Å². The third-order valence-corrected chi connectivity index (χ3v) is 15.1. The van der Waals surface area contributed by atoms with Crippen LogP contribution in [0.3, 0.4) is 0 Å². The van der Waals surface area contributed by atoms with Crippen LogP contribution in [-0.4, -0.2) is 0 Å². The summed E-state index contributed by atoms with van der Waals surface area (Å²) in [5.41, 5.74) is 29.1. The third kappa shape index (κ3) is 8.50. The van der Waals surface area contributed by atoms with Gasteiger partial charge in [0.05, 0.1) is 0 Å². The van der Waals surface area contributed by atoms with Gasteiger partial charge in [-0.25, -0.2) is 0 Å². The minimum Gasteiger partial charge on any atom is -0.0776 e. The zero-order chi connectivity index (χ0) is 45.3. The van der Waals surface area contributed by atoms with Gasteiger partial charge in [-0.2, -0.15) is 0 Å². The number of fused-ring (bicyclic) bond motifs is 12. The summed E-state index contributed by atoms with van der Waals surface area (Å²) in [6.45, 7) is 27.3. The third-order valence-electron chi connectivity index (χ3n) is 15.1. The first-order valence-corrected chi connectivity index (χ1v) is 23.3. The van der Waals surface area contributed by atoms with E-state index in [-0.39, 0.29) is 51.4 Å². The van der Waals surface area contributed by atoms with Crippen LogP contribution in [0.15, 0.2) is 170 Å². The number of rotatable bonds is 0. The number of aryl methyl sites for hydroxylation is 4. The van der Waals surface area contributed by atoms with E-state index in [2.05, 4.69) is 253 Å². The highest BCUT2D eigenvalue weighted by Crippen LogP contribution is 2.52. The molecule has 4 aliphatic carbocycles. The van der Waals surface area contributed by atoms with Gasteiger partial charge in [0, 0.05) is 21.7 Å². The molecule has 0 nitrogen and oxygen atoms in total. The first-order chi connectivity index (χ1) is 30.5. The van der Waals surface area contributed by atoms with Crippen LogP contribution in [0.1, 0.15) is 152 Å². The molecule has 4 aliphatic rings. The zero-order valence-electron chi connectivity index (χ0n) is 40.2. The van der Waals surface area contributed by atoms with E-state index in [0.717, 1.165) is 0 Å². The van der Waals surface area contributed by atoms with E-state index >= 15 is 0 Å². The smallest absolute Gasteiger partial charge is 0.0161 e. The average molecular weight is 897 g/mol. The summed E-state index contributed by atoms with van der Waals surface area (Å²) in [4.78, 5) is 0. The van der Waals surface area contributed by atoms with Crippen molar-refractivity contribution in [3.63, 3.8) is 0 Å². The van der Waals surface area contributed by atoms with E-state index in [4.69, 9.17) is 0 Å². The fourth-order valence-corrected chi connectivity index (χ4v) is 11.7. The van der Waals surface area contributed by atoms with Crippen LogP contribution in [0.5, 0.6) is 0 Å². The highest BCUT2D eigenvalue weighted by molar-refractivity contribution is 5.84. The van der Waals surface area contributed by atoms with E-state index in [1.165, 1.54) is 111 Å². The fourth-order valence-electron chi connectivity index (χ4n) is 11.7. The highest BCUT2D eigenvalue weighted by atomic mass is 14.4. The predicted molar refractivity (Wildman–Crippen MR) is 302 cm³/mol. The largest absolute Gasteiger partial charge is 0.0776 e. The Bertz CT molecular complexity index is 3070. The van der Waals surface area contributed by atoms with E-state index in [9.17, 15) is 0 Å². The maximum absolute atomic E-state index is 2.33. The normalized spacial score (nSPS) is 14.8. The maximum Gasteiger partial charge on any atom is 0.0161 e. The van der Waals surface area contributed by atoms with Gasteiger partial charge in [-0.3, -0.25) is 0 Å².